The summed E-state index contributed by atoms with van der Waals surface area (Å²) in [6, 6.07) is 55.7. The Hall–Kier alpha value is -6.26. The van der Waals surface area contributed by atoms with Gasteiger partial charge in [-0.3, -0.25) is 0 Å². The average molecular weight is 633 g/mol. The molecule has 10 rings (SSSR count). The Morgan fingerprint density at radius 2 is 1.18 bits per heavy atom. The third-order valence-corrected chi connectivity index (χ3v) is 10.2. The van der Waals surface area contributed by atoms with Crippen molar-refractivity contribution in [2.45, 2.75) is 19.3 Å². The van der Waals surface area contributed by atoms with Crippen molar-refractivity contribution < 1.29 is 9.15 Å². The lowest BCUT2D eigenvalue weighted by atomic mass is 9.76. The number of para-hydroxylation sites is 5. The quantitative estimate of drug-likeness (QED) is 0.193. The second-order valence-corrected chi connectivity index (χ2v) is 13.4. The van der Waals surface area contributed by atoms with Crippen molar-refractivity contribution in [2.24, 2.45) is 0 Å². The summed E-state index contributed by atoms with van der Waals surface area (Å²) in [5.41, 5.74) is 10.3. The number of fused-ring (bicyclic) bond motifs is 8. The Bertz CT molecular complexity index is 2730. The first-order chi connectivity index (χ1) is 24.1. The number of hydrogen-bond acceptors (Lipinski definition) is 3. The van der Waals surface area contributed by atoms with E-state index in [9.17, 15) is 0 Å². The summed E-state index contributed by atoms with van der Waals surface area (Å²) >= 11 is 0. The molecule has 0 saturated carbocycles. The number of rotatable bonds is 4. The third-order valence-electron chi connectivity index (χ3n) is 10.2. The predicted molar refractivity (Wildman–Crippen MR) is 201 cm³/mol. The van der Waals surface area contributed by atoms with Gasteiger partial charge in [-0.05, 0) is 60.7 Å². The van der Waals surface area contributed by atoms with E-state index >= 15 is 0 Å². The molecule has 3 heterocycles. The van der Waals surface area contributed by atoms with Crippen molar-refractivity contribution in [1.29, 1.82) is 0 Å². The normalized spacial score (nSPS) is 13.4. The molecule has 0 saturated heterocycles. The number of nitrogens with zero attached hydrogens (tertiary/aromatic N) is 2. The van der Waals surface area contributed by atoms with Crippen LogP contribution in [0.25, 0.3) is 49.4 Å². The van der Waals surface area contributed by atoms with E-state index in [0.717, 1.165) is 61.7 Å². The highest BCUT2D eigenvalue weighted by molar-refractivity contribution is 6.13. The van der Waals surface area contributed by atoms with Crippen molar-refractivity contribution in [3.8, 4) is 17.2 Å². The number of anilines is 3. The maximum absolute atomic E-state index is 6.64. The maximum Gasteiger partial charge on any atom is 0.159 e. The SMILES string of the molecule is CC1(C)c2ccccc2Oc2cc(N(c3ccc4c(c3)c3ccccc3n4-c3ccccc3)c3cccc4c3oc3ccccc34)ccc21. The van der Waals surface area contributed by atoms with Gasteiger partial charge in [-0.2, -0.15) is 0 Å². The van der Waals surface area contributed by atoms with E-state index in [-0.39, 0.29) is 5.41 Å². The van der Waals surface area contributed by atoms with Gasteiger partial charge in [0.2, 0.25) is 0 Å². The molecule has 234 valence electrons. The van der Waals surface area contributed by atoms with Gasteiger partial charge < -0.3 is 18.6 Å². The minimum absolute atomic E-state index is 0.204. The van der Waals surface area contributed by atoms with Gasteiger partial charge >= 0.3 is 0 Å². The second-order valence-electron chi connectivity index (χ2n) is 13.4. The summed E-state index contributed by atoms with van der Waals surface area (Å²) in [5.74, 6) is 1.77. The molecule has 2 aromatic heterocycles. The zero-order valence-corrected chi connectivity index (χ0v) is 27.2. The van der Waals surface area contributed by atoms with E-state index in [4.69, 9.17) is 9.15 Å². The fraction of sp³-hybridized carbons (Fsp3) is 0.0667. The standard InChI is InChI=1S/C45H32N2O2/c1-45(2)36-18-8-11-22-42(36)48-43-28-31(23-25-37(43)45)46(40-20-12-17-34-33-16-7-10-21-41(33)49-44(34)40)30-24-26-39-35(27-30)32-15-6-9-19-38(32)47(39)29-13-4-3-5-14-29/h3-28H,1-2H3. The number of ether oxygens (including phenoxy) is 1. The first-order valence-electron chi connectivity index (χ1n) is 16.8. The molecular formula is C45H32N2O2. The Morgan fingerprint density at radius 3 is 2.08 bits per heavy atom. The Balaban J connectivity index is 1.23. The van der Waals surface area contributed by atoms with Gasteiger partial charge in [0.15, 0.2) is 5.58 Å². The molecule has 0 N–H and O–H groups in total. The minimum atomic E-state index is -0.204. The summed E-state index contributed by atoms with van der Waals surface area (Å²) in [4.78, 5) is 2.32. The van der Waals surface area contributed by atoms with Crippen LogP contribution < -0.4 is 9.64 Å². The van der Waals surface area contributed by atoms with Crippen molar-refractivity contribution >= 4 is 60.8 Å². The van der Waals surface area contributed by atoms with Gasteiger partial charge in [-0.15, -0.1) is 0 Å². The molecule has 0 radical (unpaired) electrons. The third kappa shape index (κ3) is 4.10. The van der Waals surface area contributed by atoms with E-state index in [1.165, 1.54) is 27.4 Å². The van der Waals surface area contributed by atoms with Crippen LogP contribution in [0.2, 0.25) is 0 Å². The van der Waals surface area contributed by atoms with Crippen molar-refractivity contribution in [3.63, 3.8) is 0 Å². The van der Waals surface area contributed by atoms with Gasteiger partial charge in [-0.25, -0.2) is 0 Å². The highest BCUT2D eigenvalue weighted by atomic mass is 16.5. The van der Waals surface area contributed by atoms with Crippen LogP contribution in [0.3, 0.4) is 0 Å². The fourth-order valence-corrected chi connectivity index (χ4v) is 7.88. The number of hydrogen-bond donors (Lipinski definition) is 0. The molecule has 9 aromatic rings. The van der Waals surface area contributed by atoms with Gasteiger partial charge in [0.05, 0.1) is 16.7 Å². The Kier molecular flexibility index (Phi) is 5.89. The Morgan fingerprint density at radius 1 is 0.510 bits per heavy atom. The van der Waals surface area contributed by atoms with Crippen LogP contribution in [0.4, 0.5) is 17.1 Å². The molecule has 0 amide bonds. The summed E-state index contributed by atoms with van der Waals surface area (Å²) in [6.45, 7) is 4.55. The van der Waals surface area contributed by atoms with Gasteiger partial charge in [0.1, 0.15) is 17.1 Å². The van der Waals surface area contributed by atoms with Gasteiger partial charge in [0, 0.05) is 61.2 Å². The van der Waals surface area contributed by atoms with Gasteiger partial charge in [-0.1, -0.05) is 105 Å². The molecule has 49 heavy (non-hydrogen) atoms. The lowest BCUT2D eigenvalue weighted by molar-refractivity contribution is 0.418. The first-order valence-corrected chi connectivity index (χ1v) is 16.8. The molecule has 1 aliphatic heterocycles. The number of aromatic nitrogens is 1. The lowest BCUT2D eigenvalue weighted by Gasteiger charge is -2.35. The monoisotopic (exact) mass is 632 g/mol. The summed E-state index contributed by atoms with van der Waals surface area (Å²) in [7, 11) is 0. The fourth-order valence-electron chi connectivity index (χ4n) is 7.88. The predicted octanol–water partition coefficient (Wildman–Crippen LogP) is 12.6. The highest BCUT2D eigenvalue weighted by Crippen LogP contribution is 2.51. The van der Waals surface area contributed by atoms with E-state index < -0.39 is 0 Å². The van der Waals surface area contributed by atoms with Crippen molar-refractivity contribution in [1.82, 2.24) is 4.57 Å². The molecule has 0 spiro atoms. The molecule has 1 aliphatic rings. The zero-order valence-electron chi connectivity index (χ0n) is 27.2. The molecule has 0 unspecified atom stereocenters. The van der Waals surface area contributed by atoms with Crippen LogP contribution in [-0.4, -0.2) is 4.57 Å². The van der Waals surface area contributed by atoms with Crippen LogP contribution in [-0.2, 0) is 5.41 Å². The molecule has 0 aliphatic carbocycles. The summed E-state index contributed by atoms with van der Waals surface area (Å²) in [6.07, 6.45) is 0. The van der Waals surface area contributed by atoms with E-state index in [2.05, 4.69) is 163 Å². The van der Waals surface area contributed by atoms with Crippen molar-refractivity contribution in [3.05, 3.63) is 169 Å². The number of benzene rings is 7. The maximum atomic E-state index is 6.64. The lowest BCUT2D eigenvalue weighted by Crippen LogP contribution is -2.24. The largest absolute Gasteiger partial charge is 0.457 e. The van der Waals surface area contributed by atoms with E-state index in [1.54, 1.807) is 0 Å². The van der Waals surface area contributed by atoms with Crippen LogP contribution in [0.1, 0.15) is 25.0 Å². The van der Waals surface area contributed by atoms with E-state index in [0.29, 0.717) is 0 Å². The second kappa shape index (κ2) is 10.4. The molecule has 0 atom stereocenters. The molecule has 4 heteroatoms. The smallest absolute Gasteiger partial charge is 0.159 e. The topological polar surface area (TPSA) is 30.5 Å². The Labute approximate surface area is 284 Å². The van der Waals surface area contributed by atoms with Gasteiger partial charge in [0.25, 0.3) is 0 Å². The van der Waals surface area contributed by atoms with E-state index in [1.807, 2.05) is 18.2 Å². The van der Waals surface area contributed by atoms with Crippen molar-refractivity contribution in [2.75, 3.05) is 4.90 Å². The van der Waals surface area contributed by atoms with Crippen LogP contribution >= 0.6 is 0 Å². The van der Waals surface area contributed by atoms with Crippen LogP contribution in [0, 0.1) is 0 Å². The molecular weight excluding hydrogens is 601 g/mol. The molecule has 7 aromatic carbocycles. The zero-order chi connectivity index (χ0) is 32.7. The molecule has 4 nitrogen and oxygen atoms in total. The van der Waals surface area contributed by atoms with Crippen LogP contribution in [0.5, 0.6) is 11.5 Å². The average Bonchev–Trinajstić information content (AvgIpc) is 3.68. The molecule has 0 fully saturated rings. The summed E-state index contributed by atoms with van der Waals surface area (Å²) in [5, 5.41) is 4.58. The van der Waals surface area contributed by atoms with Crippen LogP contribution in [0.15, 0.2) is 162 Å². The summed E-state index contributed by atoms with van der Waals surface area (Å²) < 4.78 is 15.6. The minimum Gasteiger partial charge on any atom is -0.457 e. The number of furan rings is 1. The first kappa shape index (κ1) is 27.8. The highest BCUT2D eigenvalue weighted by Gasteiger charge is 2.34. The molecule has 0 bridgehead atoms.